The lowest BCUT2D eigenvalue weighted by Gasteiger charge is -2.31. The van der Waals surface area contributed by atoms with Crippen molar-refractivity contribution in [2.24, 2.45) is 0 Å². The normalized spacial score (nSPS) is 14.1. The second-order valence-corrected chi connectivity index (χ2v) is 14.7. The van der Waals surface area contributed by atoms with E-state index in [-0.39, 0.29) is 11.1 Å². The van der Waals surface area contributed by atoms with Gasteiger partial charge in [0.05, 0.1) is 5.56 Å². The van der Waals surface area contributed by atoms with Gasteiger partial charge in [0.1, 0.15) is 28.9 Å². The maximum Gasteiger partial charge on any atom is 0.345 e. The second-order valence-electron chi connectivity index (χ2n) is 14.7. The predicted molar refractivity (Wildman–Crippen MR) is 219 cm³/mol. The zero-order chi connectivity index (χ0) is 41.4. The number of nitrogens with one attached hydrogen (secondary N) is 1. The summed E-state index contributed by atoms with van der Waals surface area (Å²) < 4.78 is 20.8. The fraction of sp³-hybridized carbons (Fsp3) is 0.362. The van der Waals surface area contributed by atoms with Crippen LogP contribution in [0.4, 0.5) is 0 Å². The average molecular weight is 776 g/mol. The molecule has 6 rings (SSSR count). The Bertz CT molecular complexity index is 2060. The highest BCUT2D eigenvalue weighted by Crippen LogP contribution is 2.32. The second kappa shape index (κ2) is 20.8. The van der Waals surface area contributed by atoms with Gasteiger partial charge in [0.25, 0.3) is 0 Å². The molecule has 0 aromatic heterocycles. The first-order chi connectivity index (χ1) is 27.2. The third kappa shape index (κ3) is 14.0. The standard InChI is InChI=1S/C25H33N.C11H10O5.C11H10O4/c1-3-5-7-8-20-26-21-25-18-16-24(17-19-25)15-14-23-12-10-22(11-13-23)9-6-4-2;1-11(2)15-8-4-3-6(9(12)13)5-7(8)10(14)16-11;1-11(2)14-9-4-3-7(6-12)5-8(9)10(13)15-11/h10-13,16-19,26H,3-9,20-21H2,1-2H3;3-5H,1-2H3,(H,12,13);3-6H,1-2H3. The van der Waals surface area contributed by atoms with E-state index in [0.717, 1.165) is 30.6 Å². The van der Waals surface area contributed by atoms with Crippen LogP contribution in [0.15, 0.2) is 84.9 Å². The first-order valence-corrected chi connectivity index (χ1v) is 19.4. The Hall–Kier alpha value is -5.92. The molecule has 4 aromatic rings. The minimum Gasteiger partial charge on any atom is -0.478 e. The van der Waals surface area contributed by atoms with Crippen molar-refractivity contribution in [3.05, 3.63) is 129 Å². The van der Waals surface area contributed by atoms with E-state index in [1.54, 1.807) is 39.8 Å². The Labute approximate surface area is 335 Å². The summed E-state index contributed by atoms with van der Waals surface area (Å²) in [6.07, 6.45) is 9.58. The van der Waals surface area contributed by atoms with Gasteiger partial charge >= 0.3 is 17.9 Å². The van der Waals surface area contributed by atoms with Gasteiger partial charge in [-0.25, -0.2) is 14.4 Å². The van der Waals surface area contributed by atoms with Crippen LogP contribution < -0.4 is 14.8 Å². The first-order valence-electron chi connectivity index (χ1n) is 19.4. The molecule has 0 fully saturated rings. The minimum absolute atomic E-state index is 0.0269. The third-order valence-corrected chi connectivity index (χ3v) is 8.81. The van der Waals surface area contributed by atoms with Crippen molar-refractivity contribution >= 4 is 24.2 Å². The summed E-state index contributed by atoms with van der Waals surface area (Å²) in [6.45, 7) is 13.1. The van der Waals surface area contributed by atoms with Crippen LogP contribution in [0.25, 0.3) is 0 Å². The highest BCUT2D eigenvalue weighted by molar-refractivity contribution is 5.97. The molecule has 4 aromatic carbocycles. The van der Waals surface area contributed by atoms with E-state index in [2.05, 4.69) is 79.5 Å². The topological polar surface area (TPSA) is 137 Å². The smallest absolute Gasteiger partial charge is 0.345 e. The summed E-state index contributed by atoms with van der Waals surface area (Å²) in [6, 6.07) is 26.0. The number of fused-ring (bicyclic) bond motifs is 2. The highest BCUT2D eigenvalue weighted by Gasteiger charge is 2.35. The number of cyclic esters (lactones) is 2. The highest BCUT2D eigenvalue weighted by atomic mass is 16.7. The van der Waals surface area contributed by atoms with Crippen LogP contribution >= 0.6 is 0 Å². The van der Waals surface area contributed by atoms with E-state index in [0.29, 0.717) is 28.9 Å². The molecule has 57 heavy (non-hydrogen) atoms. The van der Waals surface area contributed by atoms with Crippen LogP contribution in [0.2, 0.25) is 0 Å². The molecule has 2 heterocycles. The van der Waals surface area contributed by atoms with E-state index in [1.165, 1.54) is 73.9 Å². The number of carboxylic acid groups (broad SMARTS) is 1. The number of rotatable bonds is 12. The van der Waals surface area contributed by atoms with Crippen molar-refractivity contribution in [2.45, 2.75) is 105 Å². The summed E-state index contributed by atoms with van der Waals surface area (Å²) in [5, 5.41) is 12.3. The van der Waals surface area contributed by atoms with Gasteiger partial charge in [-0.05, 0) is 97.6 Å². The number of hydrogen-bond donors (Lipinski definition) is 2. The summed E-state index contributed by atoms with van der Waals surface area (Å²) in [5.74, 6) is 3.22. The molecule has 2 aliphatic rings. The molecule has 2 N–H and O–H groups in total. The van der Waals surface area contributed by atoms with Gasteiger partial charge in [-0.2, -0.15) is 0 Å². The number of benzene rings is 4. The van der Waals surface area contributed by atoms with Gasteiger partial charge in [0.2, 0.25) is 11.6 Å². The average Bonchev–Trinajstić information content (AvgIpc) is 3.18. The van der Waals surface area contributed by atoms with E-state index < -0.39 is 29.5 Å². The van der Waals surface area contributed by atoms with Gasteiger partial charge in [0.15, 0.2) is 0 Å². The fourth-order valence-electron chi connectivity index (χ4n) is 5.80. The van der Waals surface area contributed by atoms with Crippen molar-refractivity contribution in [1.29, 1.82) is 0 Å². The molecule has 0 unspecified atom stereocenters. The Morgan fingerprint density at radius 3 is 1.72 bits per heavy atom. The van der Waals surface area contributed by atoms with Crippen molar-refractivity contribution < 1.29 is 43.2 Å². The molecule has 0 spiro atoms. The number of unbranched alkanes of at least 4 members (excludes halogenated alkanes) is 4. The van der Waals surface area contributed by atoms with Crippen LogP contribution in [0.5, 0.6) is 11.5 Å². The Kier molecular flexibility index (Phi) is 16.0. The van der Waals surface area contributed by atoms with Crippen molar-refractivity contribution in [1.82, 2.24) is 5.32 Å². The SMILES string of the molecule is CC1(C)OC(=O)c2cc(C(=O)O)ccc2O1.CC1(C)OC(=O)c2cc(C=O)ccc2O1.CCCCCCNCc1ccc(C#Cc2ccc(CCCC)cc2)cc1. The van der Waals surface area contributed by atoms with Gasteiger partial charge in [-0.3, -0.25) is 4.79 Å². The molecule has 2 aliphatic heterocycles. The summed E-state index contributed by atoms with van der Waals surface area (Å²) in [5.41, 5.74) is 5.77. The van der Waals surface area contributed by atoms with E-state index in [1.807, 2.05) is 0 Å². The Balaban J connectivity index is 0.000000200. The zero-order valence-electron chi connectivity index (χ0n) is 33.7. The fourth-order valence-corrected chi connectivity index (χ4v) is 5.80. The minimum atomic E-state index is -1.10. The summed E-state index contributed by atoms with van der Waals surface area (Å²) in [4.78, 5) is 44.4. The molecule has 0 aliphatic carbocycles. The summed E-state index contributed by atoms with van der Waals surface area (Å²) >= 11 is 0. The number of aryl methyl sites for hydroxylation is 1. The number of carbonyl (C=O) groups is 4. The molecule has 10 nitrogen and oxygen atoms in total. The number of hydrogen-bond acceptors (Lipinski definition) is 9. The number of aromatic carboxylic acids is 1. The number of aldehydes is 1. The van der Waals surface area contributed by atoms with E-state index >= 15 is 0 Å². The molecule has 0 saturated carbocycles. The largest absolute Gasteiger partial charge is 0.478 e. The predicted octanol–water partition coefficient (Wildman–Crippen LogP) is 9.55. The molecule has 0 radical (unpaired) electrons. The van der Waals surface area contributed by atoms with Gasteiger partial charge < -0.3 is 29.4 Å². The van der Waals surface area contributed by atoms with Gasteiger partial charge in [-0.1, -0.05) is 75.6 Å². The molecular formula is C47H53NO9. The first kappa shape index (κ1) is 43.8. The third-order valence-electron chi connectivity index (χ3n) is 8.81. The van der Waals surface area contributed by atoms with E-state index in [9.17, 15) is 19.2 Å². The zero-order valence-corrected chi connectivity index (χ0v) is 33.7. The number of carboxylic acids is 1. The molecule has 0 saturated heterocycles. The Morgan fingerprint density at radius 2 is 1.19 bits per heavy atom. The van der Waals surface area contributed by atoms with Crippen LogP contribution in [0.3, 0.4) is 0 Å². The maximum absolute atomic E-state index is 11.6. The Morgan fingerprint density at radius 1 is 0.667 bits per heavy atom. The number of carbonyl (C=O) groups excluding carboxylic acids is 3. The van der Waals surface area contributed by atoms with Crippen LogP contribution in [0, 0.1) is 11.8 Å². The lowest BCUT2D eigenvalue weighted by Crippen LogP contribution is -2.38. The summed E-state index contributed by atoms with van der Waals surface area (Å²) in [7, 11) is 0. The lowest BCUT2D eigenvalue weighted by atomic mass is 10.1. The van der Waals surface area contributed by atoms with Gasteiger partial charge in [0, 0.05) is 50.9 Å². The van der Waals surface area contributed by atoms with Crippen molar-refractivity contribution in [2.75, 3.05) is 6.54 Å². The molecule has 10 heteroatoms. The quantitative estimate of drug-likeness (QED) is 0.0620. The number of esters is 2. The maximum atomic E-state index is 11.6. The van der Waals surface area contributed by atoms with Crippen LogP contribution in [-0.2, 0) is 22.4 Å². The molecule has 0 amide bonds. The van der Waals surface area contributed by atoms with Crippen LogP contribution in [0.1, 0.15) is 144 Å². The molecular weight excluding hydrogens is 723 g/mol. The van der Waals surface area contributed by atoms with Gasteiger partial charge in [-0.15, -0.1) is 0 Å². The molecule has 300 valence electrons. The van der Waals surface area contributed by atoms with Crippen molar-refractivity contribution in [3.8, 4) is 23.3 Å². The van der Waals surface area contributed by atoms with E-state index in [4.69, 9.17) is 24.1 Å². The molecule has 0 bridgehead atoms. The number of ether oxygens (including phenoxy) is 4. The molecule has 0 atom stereocenters. The lowest BCUT2D eigenvalue weighted by molar-refractivity contribution is -0.128. The monoisotopic (exact) mass is 775 g/mol. The van der Waals surface area contributed by atoms with Crippen LogP contribution in [-0.4, -0.2) is 47.4 Å². The van der Waals surface area contributed by atoms with Crippen molar-refractivity contribution in [3.63, 3.8) is 0 Å².